The number of rotatable bonds is 2. The SMILES string of the molecule is CCCC1OC(C)C=CC(C)O1. The largest absolute Gasteiger partial charge is 0.346 e. The van der Waals surface area contributed by atoms with Crippen LogP contribution in [-0.4, -0.2) is 18.5 Å². The molecular formula is C10H18O2. The van der Waals surface area contributed by atoms with Gasteiger partial charge in [-0.1, -0.05) is 25.5 Å². The minimum Gasteiger partial charge on any atom is -0.346 e. The Labute approximate surface area is 74.6 Å². The average molecular weight is 170 g/mol. The summed E-state index contributed by atoms with van der Waals surface area (Å²) in [6, 6.07) is 0. The van der Waals surface area contributed by atoms with Crippen LogP contribution in [0.1, 0.15) is 33.6 Å². The third-order valence-corrected chi connectivity index (χ3v) is 1.91. The van der Waals surface area contributed by atoms with Gasteiger partial charge in [0, 0.05) is 0 Å². The van der Waals surface area contributed by atoms with Crippen LogP contribution in [0.5, 0.6) is 0 Å². The predicted molar refractivity (Wildman–Crippen MR) is 48.9 cm³/mol. The molecule has 0 aromatic heterocycles. The third-order valence-electron chi connectivity index (χ3n) is 1.91. The van der Waals surface area contributed by atoms with E-state index < -0.39 is 0 Å². The fraction of sp³-hybridized carbons (Fsp3) is 0.800. The van der Waals surface area contributed by atoms with Crippen molar-refractivity contribution in [2.45, 2.75) is 52.1 Å². The molecule has 0 aromatic carbocycles. The molecule has 0 amide bonds. The predicted octanol–water partition coefficient (Wildman–Crippen LogP) is 2.49. The molecule has 2 heteroatoms. The second-order valence-electron chi connectivity index (χ2n) is 3.29. The molecule has 0 fully saturated rings. The lowest BCUT2D eigenvalue weighted by Gasteiger charge is -2.19. The summed E-state index contributed by atoms with van der Waals surface area (Å²) in [6.45, 7) is 6.22. The van der Waals surface area contributed by atoms with Crippen molar-refractivity contribution >= 4 is 0 Å². The standard InChI is InChI=1S/C10H18O2/c1-4-5-10-11-8(2)6-7-9(3)12-10/h6-10H,4-5H2,1-3H3. The molecular weight excluding hydrogens is 152 g/mol. The fourth-order valence-corrected chi connectivity index (χ4v) is 1.29. The minimum absolute atomic E-state index is 0.0185. The van der Waals surface area contributed by atoms with E-state index in [1.165, 1.54) is 0 Å². The topological polar surface area (TPSA) is 18.5 Å². The van der Waals surface area contributed by atoms with Crippen molar-refractivity contribution in [3.05, 3.63) is 12.2 Å². The Kier molecular flexibility index (Phi) is 3.76. The van der Waals surface area contributed by atoms with Crippen molar-refractivity contribution in [1.29, 1.82) is 0 Å². The second-order valence-corrected chi connectivity index (χ2v) is 3.29. The van der Waals surface area contributed by atoms with E-state index in [0.29, 0.717) is 0 Å². The molecule has 2 unspecified atom stereocenters. The van der Waals surface area contributed by atoms with Crippen LogP contribution >= 0.6 is 0 Å². The van der Waals surface area contributed by atoms with Gasteiger partial charge in [0.2, 0.25) is 0 Å². The zero-order valence-electron chi connectivity index (χ0n) is 8.12. The first kappa shape index (κ1) is 9.75. The molecule has 0 saturated carbocycles. The van der Waals surface area contributed by atoms with Gasteiger partial charge in [-0.3, -0.25) is 0 Å². The Morgan fingerprint density at radius 3 is 2.00 bits per heavy atom. The van der Waals surface area contributed by atoms with Gasteiger partial charge in [0.1, 0.15) is 0 Å². The number of ether oxygens (including phenoxy) is 2. The van der Waals surface area contributed by atoms with E-state index in [4.69, 9.17) is 9.47 Å². The highest BCUT2D eigenvalue weighted by atomic mass is 16.7. The molecule has 0 aromatic rings. The first-order valence-corrected chi connectivity index (χ1v) is 4.71. The maximum Gasteiger partial charge on any atom is 0.159 e. The summed E-state index contributed by atoms with van der Waals surface area (Å²) < 4.78 is 11.2. The van der Waals surface area contributed by atoms with Gasteiger partial charge < -0.3 is 9.47 Å². The molecule has 2 nitrogen and oxygen atoms in total. The summed E-state index contributed by atoms with van der Waals surface area (Å²) >= 11 is 0. The van der Waals surface area contributed by atoms with Crippen LogP contribution < -0.4 is 0 Å². The van der Waals surface area contributed by atoms with Crippen LogP contribution in [-0.2, 0) is 9.47 Å². The van der Waals surface area contributed by atoms with E-state index >= 15 is 0 Å². The normalized spacial score (nSPS) is 36.4. The molecule has 70 valence electrons. The lowest BCUT2D eigenvalue weighted by atomic mass is 10.3. The Morgan fingerprint density at radius 2 is 1.58 bits per heavy atom. The molecule has 0 saturated heterocycles. The summed E-state index contributed by atoms with van der Waals surface area (Å²) in [6.07, 6.45) is 6.55. The van der Waals surface area contributed by atoms with Crippen molar-refractivity contribution in [1.82, 2.24) is 0 Å². The van der Waals surface area contributed by atoms with Gasteiger partial charge in [0.25, 0.3) is 0 Å². The van der Waals surface area contributed by atoms with E-state index in [1.807, 2.05) is 13.8 Å². The Balaban J connectivity index is 2.45. The van der Waals surface area contributed by atoms with Gasteiger partial charge in [0.05, 0.1) is 12.2 Å². The van der Waals surface area contributed by atoms with Crippen molar-refractivity contribution in [2.75, 3.05) is 0 Å². The minimum atomic E-state index is -0.0185. The summed E-state index contributed by atoms with van der Waals surface area (Å²) in [5.74, 6) is 0. The molecule has 0 bridgehead atoms. The molecule has 1 rings (SSSR count). The second kappa shape index (κ2) is 4.63. The first-order chi connectivity index (χ1) is 5.72. The van der Waals surface area contributed by atoms with Gasteiger partial charge in [0.15, 0.2) is 6.29 Å². The van der Waals surface area contributed by atoms with E-state index in [2.05, 4.69) is 19.1 Å². The monoisotopic (exact) mass is 170 g/mol. The average Bonchev–Trinajstić information content (AvgIpc) is 2.14. The van der Waals surface area contributed by atoms with Crippen molar-refractivity contribution in [3.8, 4) is 0 Å². The van der Waals surface area contributed by atoms with Crippen LogP contribution in [0.2, 0.25) is 0 Å². The van der Waals surface area contributed by atoms with E-state index in [1.54, 1.807) is 0 Å². The smallest absolute Gasteiger partial charge is 0.159 e. The van der Waals surface area contributed by atoms with Crippen molar-refractivity contribution < 1.29 is 9.47 Å². The lowest BCUT2D eigenvalue weighted by molar-refractivity contribution is -0.166. The van der Waals surface area contributed by atoms with Gasteiger partial charge >= 0.3 is 0 Å². The molecule has 1 heterocycles. The Morgan fingerprint density at radius 1 is 1.08 bits per heavy atom. The molecule has 0 spiro atoms. The van der Waals surface area contributed by atoms with Crippen LogP contribution in [0.3, 0.4) is 0 Å². The Hall–Kier alpha value is -0.340. The van der Waals surface area contributed by atoms with Gasteiger partial charge in [-0.25, -0.2) is 0 Å². The highest BCUT2D eigenvalue weighted by Crippen LogP contribution is 2.15. The van der Waals surface area contributed by atoms with Gasteiger partial charge in [-0.2, -0.15) is 0 Å². The molecule has 2 atom stereocenters. The van der Waals surface area contributed by atoms with Crippen LogP contribution in [0.25, 0.3) is 0 Å². The van der Waals surface area contributed by atoms with Gasteiger partial charge in [-0.05, 0) is 20.3 Å². The molecule has 1 aliphatic heterocycles. The quantitative estimate of drug-likeness (QED) is 0.593. The van der Waals surface area contributed by atoms with Gasteiger partial charge in [-0.15, -0.1) is 0 Å². The summed E-state index contributed by atoms with van der Waals surface area (Å²) in [5.41, 5.74) is 0. The van der Waals surface area contributed by atoms with Crippen molar-refractivity contribution in [2.24, 2.45) is 0 Å². The highest BCUT2D eigenvalue weighted by molar-refractivity contribution is 4.93. The summed E-state index contributed by atoms with van der Waals surface area (Å²) in [4.78, 5) is 0. The van der Waals surface area contributed by atoms with E-state index in [-0.39, 0.29) is 18.5 Å². The fourth-order valence-electron chi connectivity index (χ4n) is 1.29. The van der Waals surface area contributed by atoms with Crippen molar-refractivity contribution in [3.63, 3.8) is 0 Å². The zero-order valence-corrected chi connectivity index (χ0v) is 8.12. The summed E-state index contributed by atoms with van der Waals surface area (Å²) in [5, 5.41) is 0. The first-order valence-electron chi connectivity index (χ1n) is 4.71. The number of hydrogen-bond donors (Lipinski definition) is 0. The van der Waals surface area contributed by atoms with Crippen LogP contribution in [0.15, 0.2) is 12.2 Å². The van der Waals surface area contributed by atoms with Crippen LogP contribution in [0, 0.1) is 0 Å². The van der Waals surface area contributed by atoms with Crippen LogP contribution in [0.4, 0.5) is 0 Å². The maximum absolute atomic E-state index is 5.61. The van der Waals surface area contributed by atoms with E-state index in [0.717, 1.165) is 12.8 Å². The zero-order chi connectivity index (χ0) is 8.97. The third kappa shape index (κ3) is 2.95. The highest BCUT2D eigenvalue weighted by Gasteiger charge is 2.16. The molecule has 1 aliphatic rings. The number of hydrogen-bond acceptors (Lipinski definition) is 2. The molecule has 12 heavy (non-hydrogen) atoms. The molecule has 0 aliphatic carbocycles. The lowest BCUT2D eigenvalue weighted by Crippen LogP contribution is -2.22. The molecule has 0 radical (unpaired) electrons. The summed E-state index contributed by atoms with van der Waals surface area (Å²) in [7, 11) is 0. The Bertz CT molecular complexity index is 140. The maximum atomic E-state index is 5.61. The van der Waals surface area contributed by atoms with E-state index in [9.17, 15) is 0 Å². The molecule has 0 N–H and O–H groups in total.